The molecule has 0 aliphatic heterocycles. The second kappa shape index (κ2) is 10.0. The highest BCUT2D eigenvalue weighted by molar-refractivity contribution is 5.92. The summed E-state index contributed by atoms with van der Waals surface area (Å²) in [6.45, 7) is 6.57. The SMILES string of the molecule is CCOc1ccc(C(=O)OCC(=O)N[C@@H]2CCCC[C@@H]2C)cc1OCC. The fourth-order valence-electron chi connectivity index (χ4n) is 3.17. The molecule has 0 radical (unpaired) electrons. The molecule has 6 nitrogen and oxygen atoms in total. The fraction of sp³-hybridized carbons (Fsp3) is 0.600. The Morgan fingerprint density at radius 1 is 1.08 bits per heavy atom. The van der Waals surface area contributed by atoms with Crippen molar-refractivity contribution in [2.45, 2.75) is 52.5 Å². The minimum absolute atomic E-state index is 0.171. The molecule has 1 saturated carbocycles. The van der Waals surface area contributed by atoms with Crippen LogP contribution in [-0.4, -0.2) is 37.7 Å². The summed E-state index contributed by atoms with van der Waals surface area (Å²) in [6.07, 6.45) is 4.44. The van der Waals surface area contributed by atoms with Crippen LogP contribution >= 0.6 is 0 Å². The van der Waals surface area contributed by atoms with Gasteiger partial charge in [-0.05, 0) is 50.8 Å². The first-order chi connectivity index (χ1) is 12.5. The topological polar surface area (TPSA) is 73.9 Å². The molecule has 1 aromatic rings. The molecule has 144 valence electrons. The molecule has 1 N–H and O–H groups in total. The van der Waals surface area contributed by atoms with Gasteiger partial charge in [-0.3, -0.25) is 4.79 Å². The number of carbonyl (C=O) groups is 2. The van der Waals surface area contributed by atoms with Crippen molar-refractivity contribution in [1.82, 2.24) is 5.32 Å². The maximum Gasteiger partial charge on any atom is 0.338 e. The van der Waals surface area contributed by atoms with Gasteiger partial charge in [0.15, 0.2) is 18.1 Å². The van der Waals surface area contributed by atoms with E-state index in [-0.39, 0.29) is 18.6 Å². The Hall–Kier alpha value is -2.24. The number of hydrogen-bond acceptors (Lipinski definition) is 5. The first-order valence-corrected chi connectivity index (χ1v) is 9.41. The monoisotopic (exact) mass is 363 g/mol. The van der Waals surface area contributed by atoms with Crippen LogP contribution in [0.3, 0.4) is 0 Å². The third-order valence-corrected chi connectivity index (χ3v) is 4.57. The lowest BCUT2D eigenvalue weighted by Gasteiger charge is -2.29. The number of hydrogen-bond donors (Lipinski definition) is 1. The van der Waals surface area contributed by atoms with E-state index in [2.05, 4.69) is 12.2 Å². The van der Waals surface area contributed by atoms with Crippen molar-refractivity contribution in [3.05, 3.63) is 23.8 Å². The Morgan fingerprint density at radius 2 is 1.77 bits per heavy atom. The van der Waals surface area contributed by atoms with Gasteiger partial charge in [0, 0.05) is 6.04 Å². The van der Waals surface area contributed by atoms with Gasteiger partial charge >= 0.3 is 5.97 Å². The Balaban J connectivity index is 1.90. The van der Waals surface area contributed by atoms with Crippen LogP contribution in [0, 0.1) is 5.92 Å². The van der Waals surface area contributed by atoms with Gasteiger partial charge < -0.3 is 19.5 Å². The predicted molar refractivity (Wildman–Crippen MR) is 98.6 cm³/mol. The van der Waals surface area contributed by atoms with Crippen LogP contribution in [0.4, 0.5) is 0 Å². The molecule has 0 bridgehead atoms. The first kappa shape index (κ1) is 20.1. The van der Waals surface area contributed by atoms with Crippen molar-refractivity contribution in [3.63, 3.8) is 0 Å². The molecule has 0 aromatic heterocycles. The molecule has 26 heavy (non-hydrogen) atoms. The Bertz CT molecular complexity index is 616. The molecule has 1 amide bonds. The summed E-state index contributed by atoms with van der Waals surface area (Å²) in [5, 5.41) is 2.97. The van der Waals surface area contributed by atoms with E-state index in [4.69, 9.17) is 14.2 Å². The van der Waals surface area contributed by atoms with Crippen molar-refractivity contribution in [2.75, 3.05) is 19.8 Å². The molecule has 1 fully saturated rings. The van der Waals surface area contributed by atoms with Gasteiger partial charge in [-0.25, -0.2) is 4.79 Å². The van der Waals surface area contributed by atoms with Crippen LogP contribution in [0.1, 0.15) is 56.8 Å². The van der Waals surface area contributed by atoms with Crippen molar-refractivity contribution in [1.29, 1.82) is 0 Å². The van der Waals surface area contributed by atoms with Gasteiger partial charge in [-0.2, -0.15) is 0 Å². The summed E-state index contributed by atoms with van der Waals surface area (Å²) < 4.78 is 16.1. The average Bonchev–Trinajstić information content (AvgIpc) is 2.63. The van der Waals surface area contributed by atoms with E-state index < -0.39 is 5.97 Å². The molecule has 0 unspecified atom stereocenters. The zero-order chi connectivity index (χ0) is 18.9. The van der Waals surface area contributed by atoms with Crippen LogP contribution in [-0.2, 0) is 9.53 Å². The minimum atomic E-state index is -0.555. The Kier molecular flexibility index (Phi) is 7.75. The maximum atomic E-state index is 12.2. The van der Waals surface area contributed by atoms with E-state index in [9.17, 15) is 9.59 Å². The largest absolute Gasteiger partial charge is 0.490 e. The highest BCUT2D eigenvalue weighted by atomic mass is 16.5. The molecule has 6 heteroatoms. The molecule has 0 heterocycles. The van der Waals surface area contributed by atoms with Crippen LogP contribution in [0.5, 0.6) is 11.5 Å². The number of carbonyl (C=O) groups excluding carboxylic acids is 2. The van der Waals surface area contributed by atoms with E-state index in [1.807, 2.05) is 13.8 Å². The molecule has 0 saturated heterocycles. The number of ether oxygens (including phenoxy) is 3. The first-order valence-electron chi connectivity index (χ1n) is 9.41. The minimum Gasteiger partial charge on any atom is -0.490 e. The summed E-state index contributed by atoms with van der Waals surface area (Å²) in [5.74, 6) is 0.719. The molecule has 0 spiro atoms. The average molecular weight is 363 g/mol. The lowest BCUT2D eigenvalue weighted by Crippen LogP contribution is -2.42. The molecule has 1 aromatic carbocycles. The summed E-state index contributed by atoms with van der Waals surface area (Å²) in [6, 6.07) is 5.04. The van der Waals surface area contributed by atoms with Crippen LogP contribution in [0.15, 0.2) is 18.2 Å². The second-order valence-electron chi connectivity index (χ2n) is 6.54. The second-order valence-corrected chi connectivity index (χ2v) is 6.54. The number of nitrogens with one attached hydrogen (secondary N) is 1. The summed E-state index contributed by atoms with van der Waals surface area (Å²) in [4.78, 5) is 24.3. The van der Waals surface area contributed by atoms with Gasteiger partial charge in [-0.1, -0.05) is 19.8 Å². The van der Waals surface area contributed by atoms with Gasteiger partial charge in [0.25, 0.3) is 5.91 Å². The number of rotatable bonds is 8. The Labute approximate surface area is 155 Å². The summed E-state index contributed by atoms with van der Waals surface area (Å²) in [5.41, 5.74) is 0.329. The standard InChI is InChI=1S/C20H29NO5/c1-4-24-17-11-10-15(12-18(17)25-5-2)20(23)26-13-19(22)21-16-9-7-6-8-14(16)3/h10-12,14,16H,4-9,13H2,1-3H3,(H,21,22)/t14-,16+/m0/s1. The zero-order valence-electron chi connectivity index (χ0n) is 15.9. The molecule has 2 rings (SSSR count). The van der Waals surface area contributed by atoms with E-state index in [0.29, 0.717) is 36.2 Å². The number of esters is 1. The lowest BCUT2D eigenvalue weighted by atomic mass is 9.86. The normalized spacial score (nSPS) is 19.5. The smallest absolute Gasteiger partial charge is 0.338 e. The third-order valence-electron chi connectivity index (χ3n) is 4.57. The van der Waals surface area contributed by atoms with Crippen molar-refractivity contribution in [2.24, 2.45) is 5.92 Å². The van der Waals surface area contributed by atoms with Gasteiger partial charge in [0.2, 0.25) is 0 Å². The molecular formula is C20H29NO5. The molecule has 1 aliphatic rings. The lowest BCUT2D eigenvalue weighted by molar-refractivity contribution is -0.125. The van der Waals surface area contributed by atoms with Gasteiger partial charge in [-0.15, -0.1) is 0 Å². The summed E-state index contributed by atoms with van der Waals surface area (Å²) >= 11 is 0. The van der Waals surface area contributed by atoms with Gasteiger partial charge in [0.1, 0.15) is 0 Å². The number of benzene rings is 1. The van der Waals surface area contributed by atoms with Crippen molar-refractivity contribution >= 4 is 11.9 Å². The quantitative estimate of drug-likeness (QED) is 0.717. The predicted octanol–water partition coefficient (Wildman–Crippen LogP) is 3.34. The van der Waals surface area contributed by atoms with Crippen LogP contribution < -0.4 is 14.8 Å². The van der Waals surface area contributed by atoms with Crippen LogP contribution in [0.2, 0.25) is 0 Å². The molecular weight excluding hydrogens is 334 g/mol. The van der Waals surface area contributed by atoms with Crippen molar-refractivity contribution < 1.29 is 23.8 Å². The molecule has 2 atom stereocenters. The number of amides is 1. The Morgan fingerprint density at radius 3 is 2.46 bits per heavy atom. The highest BCUT2D eigenvalue weighted by Crippen LogP contribution is 2.29. The van der Waals surface area contributed by atoms with Crippen molar-refractivity contribution in [3.8, 4) is 11.5 Å². The maximum absolute atomic E-state index is 12.2. The highest BCUT2D eigenvalue weighted by Gasteiger charge is 2.23. The van der Waals surface area contributed by atoms with E-state index in [1.165, 1.54) is 6.42 Å². The van der Waals surface area contributed by atoms with E-state index >= 15 is 0 Å². The fourth-order valence-corrected chi connectivity index (χ4v) is 3.17. The van der Waals surface area contributed by atoms with E-state index in [1.54, 1.807) is 18.2 Å². The van der Waals surface area contributed by atoms with E-state index in [0.717, 1.165) is 19.3 Å². The van der Waals surface area contributed by atoms with Crippen LogP contribution in [0.25, 0.3) is 0 Å². The third kappa shape index (κ3) is 5.64. The van der Waals surface area contributed by atoms with Gasteiger partial charge in [0.05, 0.1) is 18.8 Å². The summed E-state index contributed by atoms with van der Waals surface area (Å²) in [7, 11) is 0. The molecule has 1 aliphatic carbocycles. The zero-order valence-corrected chi connectivity index (χ0v) is 15.9.